The zero-order valence-electron chi connectivity index (χ0n) is 10.7. The summed E-state index contributed by atoms with van der Waals surface area (Å²) in [7, 11) is -3.74. The van der Waals surface area contributed by atoms with E-state index < -0.39 is 16.1 Å². The standard InChI is InChI=1S/C12H13N5O2S/c1-8(13)11-5-10-12(3-2-4-14-10)20(18,19)17(11)9-6-15-16-7-9/h2-8H,13H2,1H3,(H,15,16)/t8-/m0/s1. The summed E-state index contributed by atoms with van der Waals surface area (Å²) in [5, 5.41) is 6.41. The molecule has 0 aromatic carbocycles. The fourth-order valence-electron chi connectivity index (χ4n) is 2.12. The number of hydrogen-bond donors (Lipinski definition) is 2. The number of nitrogens with two attached hydrogens (primary N) is 1. The van der Waals surface area contributed by atoms with Crippen LogP contribution in [0.1, 0.15) is 12.6 Å². The summed E-state index contributed by atoms with van der Waals surface area (Å²) in [4.78, 5) is 4.26. The predicted molar refractivity (Wildman–Crippen MR) is 74.1 cm³/mol. The molecule has 0 bridgehead atoms. The van der Waals surface area contributed by atoms with Gasteiger partial charge < -0.3 is 5.73 Å². The molecule has 2 aromatic rings. The predicted octanol–water partition coefficient (Wildman–Crippen LogP) is 0.702. The second-order valence-electron chi connectivity index (χ2n) is 4.47. The largest absolute Gasteiger partial charge is 0.323 e. The summed E-state index contributed by atoms with van der Waals surface area (Å²) in [5.41, 5.74) is 7.19. The summed E-state index contributed by atoms with van der Waals surface area (Å²) >= 11 is 0. The van der Waals surface area contributed by atoms with Crippen LogP contribution in [0.4, 0.5) is 5.69 Å². The minimum atomic E-state index is -3.74. The van der Waals surface area contributed by atoms with Gasteiger partial charge in [0.05, 0.1) is 23.3 Å². The smallest absolute Gasteiger partial charge is 0.270 e. The Morgan fingerprint density at radius 3 is 2.90 bits per heavy atom. The third kappa shape index (κ3) is 1.81. The van der Waals surface area contributed by atoms with Crippen molar-refractivity contribution in [1.29, 1.82) is 0 Å². The van der Waals surface area contributed by atoms with E-state index in [9.17, 15) is 8.42 Å². The Morgan fingerprint density at radius 2 is 2.25 bits per heavy atom. The van der Waals surface area contributed by atoms with Crippen LogP contribution in [0.2, 0.25) is 0 Å². The number of aromatic nitrogens is 3. The number of nitrogens with zero attached hydrogens (tertiary/aromatic N) is 3. The van der Waals surface area contributed by atoms with Crippen LogP contribution >= 0.6 is 0 Å². The van der Waals surface area contributed by atoms with E-state index in [0.717, 1.165) is 0 Å². The van der Waals surface area contributed by atoms with Gasteiger partial charge in [-0.2, -0.15) is 5.10 Å². The Kier molecular flexibility index (Phi) is 2.84. The highest BCUT2D eigenvalue weighted by Gasteiger charge is 2.36. The lowest BCUT2D eigenvalue weighted by Gasteiger charge is -2.31. The first-order valence-corrected chi connectivity index (χ1v) is 7.42. The second-order valence-corrected chi connectivity index (χ2v) is 6.23. The Balaban J connectivity index is 2.30. The Labute approximate surface area is 116 Å². The van der Waals surface area contributed by atoms with Gasteiger partial charge in [0.15, 0.2) is 0 Å². The molecular weight excluding hydrogens is 278 g/mol. The van der Waals surface area contributed by atoms with E-state index in [1.807, 2.05) is 0 Å². The molecule has 0 radical (unpaired) electrons. The lowest BCUT2D eigenvalue weighted by atomic mass is 10.2. The van der Waals surface area contributed by atoms with Crippen LogP contribution in [0, 0.1) is 0 Å². The number of nitrogens with one attached hydrogen (secondary N) is 1. The quantitative estimate of drug-likeness (QED) is 0.847. The van der Waals surface area contributed by atoms with Gasteiger partial charge in [-0.05, 0) is 25.1 Å². The van der Waals surface area contributed by atoms with Gasteiger partial charge in [0.1, 0.15) is 4.90 Å². The molecule has 3 rings (SSSR count). The molecule has 0 saturated carbocycles. The van der Waals surface area contributed by atoms with E-state index in [-0.39, 0.29) is 4.90 Å². The summed E-state index contributed by atoms with van der Waals surface area (Å²) in [5.74, 6) is 0. The highest BCUT2D eigenvalue weighted by atomic mass is 32.2. The maximum absolute atomic E-state index is 12.8. The van der Waals surface area contributed by atoms with Gasteiger partial charge in [0, 0.05) is 18.4 Å². The molecule has 1 aliphatic rings. The Morgan fingerprint density at radius 1 is 1.45 bits per heavy atom. The van der Waals surface area contributed by atoms with Gasteiger partial charge >= 0.3 is 0 Å². The van der Waals surface area contributed by atoms with Gasteiger partial charge in [-0.25, -0.2) is 12.7 Å². The first kappa shape index (κ1) is 12.8. The highest BCUT2D eigenvalue weighted by molar-refractivity contribution is 7.93. The van der Waals surface area contributed by atoms with Gasteiger partial charge in [-0.1, -0.05) is 0 Å². The van der Waals surface area contributed by atoms with E-state index in [4.69, 9.17) is 5.73 Å². The average Bonchev–Trinajstić information content (AvgIpc) is 2.91. The minimum Gasteiger partial charge on any atom is -0.323 e. The molecular formula is C12H13N5O2S. The molecule has 1 aliphatic heterocycles. The fourth-order valence-corrected chi connectivity index (χ4v) is 3.82. The topological polar surface area (TPSA) is 105 Å². The molecule has 104 valence electrons. The van der Waals surface area contributed by atoms with Crippen molar-refractivity contribution >= 4 is 21.8 Å². The summed E-state index contributed by atoms with van der Waals surface area (Å²) < 4.78 is 26.7. The van der Waals surface area contributed by atoms with Crippen LogP contribution in [0.5, 0.6) is 0 Å². The fraction of sp³-hybridized carbons (Fsp3) is 0.167. The molecule has 0 saturated heterocycles. The molecule has 1 atom stereocenters. The first-order valence-electron chi connectivity index (χ1n) is 5.98. The zero-order chi connectivity index (χ0) is 14.3. The summed E-state index contributed by atoms with van der Waals surface area (Å²) in [6, 6.07) is 2.66. The molecule has 0 spiro atoms. The Hall–Kier alpha value is -2.19. The minimum absolute atomic E-state index is 0.158. The van der Waals surface area contributed by atoms with Crippen molar-refractivity contribution in [2.45, 2.75) is 17.9 Å². The zero-order valence-corrected chi connectivity index (χ0v) is 11.5. The molecule has 0 unspecified atom stereocenters. The SMILES string of the molecule is C[C@H](N)C1=Cc2ncccc2S(=O)(=O)N1c1cn[nH]c1. The van der Waals surface area contributed by atoms with Crippen molar-refractivity contribution in [2.75, 3.05) is 4.31 Å². The molecule has 0 aliphatic carbocycles. The van der Waals surface area contributed by atoms with Crippen molar-refractivity contribution < 1.29 is 8.42 Å². The van der Waals surface area contributed by atoms with Gasteiger partial charge in [-0.3, -0.25) is 10.1 Å². The van der Waals surface area contributed by atoms with Gasteiger partial charge in [0.2, 0.25) is 0 Å². The molecule has 0 amide bonds. The van der Waals surface area contributed by atoms with Crippen molar-refractivity contribution in [1.82, 2.24) is 15.2 Å². The van der Waals surface area contributed by atoms with E-state index in [2.05, 4.69) is 15.2 Å². The average molecular weight is 291 g/mol. The molecule has 7 nitrogen and oxygen atoms in total. The van der Waals surface area contributed by atoms with Crippen LogP contribution < -0.4 is 10.0 Å². The van der Waals surface area contributed by atoms with Gasteiger partial charge in [0.25, 0.3) is 10.0 Å². The van der Waals surface area contributed by atoms with Crippen molar-refractivity contribution in [3.63, 3.8) is 0 Å². The number of aromatic amines is 1. The lowest BCUT2D eigenvalue weighted by Crippen LogP contribution is -2.40. The maximum atomic E-state index is 12.8. The first-order chi connectivity index (χ1) is 9.51. The summed E-state index contributed by atoms with van der Waals surface area (Å²) in [6.45, 7) is 1.72. The molecule has 2 aromatic heterocycles. The number of sulfonamides is 1. The van der Waals surface area contributed by atoms with E-state index in [1.165, 1.54) is 22.8 Å². The number of anilines is 1. The number of rotatable bonds is 2. The van der Waals surface area contributed by atoms with E-state index in [1.54, 1.807) is 25.3 Å². The normalized spacial score (nSPS) is 18.3. The van der Waals surface area contributed by atoms with Gasteiger partial charge in [-0.15, -0.1) is 0 Å². The van der Waals surface area contributed by atoms with Crippen LogP contribution in [-0.4, -0.2) is 29.6 Å². The third-order valence-electron chi connectivity index (χ3n) is 3.02. The van der Waals surface area contributed by atoms with E-state index >= 15 is 0 Å². The molecule has 8 heteroatoms. The number of pyridine rings is 1. The monoisotopic (exact) mass is 291 g/mol. The maximum Gasteiger partial charge on any atom is 0.270 e. The van der Waals surface area contributed by atoms with Crippen LogP contribution in [-0.2, 0) is 10.0 Å². The van der Waals surface area contributed by atoms with E-state index in [0.29, 0.717) is 17.1 Å². The van der Waals surface area contributed by atoms with Crippen molar-refractivity contribution in [3.8, 4) is 0 Å². The lowest BCUT2D eigenvalue weighted by molar-refractivity contribution is 0.590. The van der Waals surface area contributed by atoms with Crippen molar-refractivity contribution in [2.24, 2.45) is 5.73 Å². The second kappa shape index (κ2) is 4.43. The molecule has 3 heterocycles. The number of H-pyrrole nitrogens is 1. The van der Waals surface area contributed by atoms with Crippen LogP contribution in [0.25, 0.3) is 6.08 Å². The van der Waals surface area contributed by atoms with Crippen LogP contribution in [0.15, 0.2) is 41.3 Å². The van der Waals surface area contributed by atoms with Crippen LogP contribution in [0.3, 0.4) is 0 Å². The molecule has 3 N–H and O–H groups in total. The molecule has 20 heavy (non-hydrogen) atoms. The Bertz CT molecular complexity index is 765. The van der Waals surface area contributed by atoms with Crippen molar-refractivity contribution in [3.05, 3.63) is 42.1 Å². The molecule has 0 fully saturated rings. The third-order valence-corrected chi connectivity index (χ3v) is 4.83. The number of fused-ring (bicyclic) bond motifs is 1. The number of hydrogen-bond acceptors (Lipinski definition) is 5. The highest BCUT2D eigenvalue weighted by Crippen LogP contribution is 2.34. The summed E-state index contributed by atoms with van der Waals surface area (Å²) in [6.07, 6.45) is 6.19.